The quantitative estimate of drug-likeness (QED) is 0.212. The minimum Gasteiger partial charge on any atom is -0.310 e. The van der Waals surface area contributed by atoms with Crippen molar-refractivity contribution in [3.63, 3.8) is 0 Å². The Morgan fingerprint density at radius 3 is 2.50 bits per heavy atom. The first-order valence-corrected chi connectivity index (χ1v) is 6.43. The fraction of sp³-hybridized carbons (Fsp3) is 0.667. The molecule has 10 heteroatoms. The molecule has 0 saturated heterocycles. The average Bonchev–Trinajstić information content (AvgIpc) is 2.21. The average molecular weight is 276 g/mol. The molecule has 0 saturated carbocycles. The van der Waals surface area contributed by atoms with Crippen molar-refractivity contribution in [1.82, 2.24) is 0 Å². The third-order valence-electron chi connectivity index (χ3n) is 1.49. The van der Waals surface area contributed by atoms with Crippen LogP contribution >= 0.6 is 11.8 Å². The van der Waals surface area contributed by atoms with Gasteiger partial charge in [-0.05, 0) is 18.4 Å². The summed E-state index contributed by atoms with van der Waals surface area (Å²) in [6, 6.07) is 0. The third kappa shape index (κ3) is 5.61. The van der Waals surface area contributed by atoms with Gasteiger partial charge in [-0.25, -0.2) is 4.79 Å². The molecule has 16 heavy (non-hydrogen) atoms. The Hall–Kier alpha value is -0.420. The Balaban J connectivity index is 4.35. The molecule has 0 aromatic carbocycles. The Labute approximate surface area is 97.3 Å². The van der Waals surface area contributed by atoms with Crippen LogP contribution in [0.25, 0.3) is 0 Å². The largest absolute Gasteiger partial charge is 0.385 e. The third-order valence-corrected chi connectivity index (χ3v) is 2.32. The smallest absolute Gasteiger partial charge is 0.310 e. The summed E-state index contributed by atoms with van der Waals surface area (Å²) in [5.41, 5.74) is 3.30. The number of hydrogen-bond donors (Lipinski definition) is 1. The minimum atomic E-state index is -4.91. The molecule has 8 nitrogen and oxygen atoms in total. The van der Waals surface area contributed by atoms with E-state index in [4.69, 9.17) is 5.73 Å². The van der Waals surface area contributed by atoms with Crippen molar-refractivity contribution in [2.75, 3.05) is 12.0 Å². The van der Waals surface area contributed by atoms with E-state index in [-0.39, 0.29) is 12.7 Å². The first-order chi connectivity index (χ1) is 7.25. The first kappa shape index (κ1) is 15.6. The first-order valence-electron chi connectivity index (χ1n) is 3.81. The van der Waals surface area contributed by atoms with E-state index >= 15 is 0 Å². The highest BCUT2D eigenvalue weighted by Crippen LogP contribution is 2.11. The Bertz CT molecular complexity index is 258. The Morgan fingerprint density at radius 2 is 2.12 bits per heavy atom. The highest BCUT2D eigenvalue weighted by molar-refractivity contribution is 7.98. The van der Waals surface area contributed by atoms with Gasteiger partial charge < -0.3 is 10.5 Å². The molecule has 1 unspecified atom stereocenters. The highest BCUT2D eigenvalue weighted by atomic mass is 35.7. The zero-order valence-electron chi connectivity index (χ0n) is 8.21. The zero-order valence-corrected chi connectivity index (χ0v) is 9.79. The number of hydrogen-bond acceptors (Lipinski definition) is 9. The van der Waals surface area contributed by atoms with Crippen LogP contribution in [-0.4, -0.2) is 29.8 Å². The maximum absolute atomic E-state index is 11.1. The van der Waals surface area contributed by atoms with Crippen molar-refractivity contribution < 1.29 is 43.1 Å². The topological polar surface area (TPSA) is 148 Å². The molecule has 0 aliphatic heterocycles. The van der Waals surface area contributed by atoms with E-state index in [1.807, 2.05) is 0 Å². The molecule has 0 aliphatic carbocycles. The van der Waals surface area contributed by atoms with Crippen LogP contribution in [0.2, 0.25) is 0 Å². The monoisotopic (exact) mass is 275 g/mol. The van der Waals surface area contributed by atoms with Crippen LogP contribution in [0.15, 0.2) is 0 Å². The molecule has 1 atom stereocenters. The van der Waals surface area contributed by atoms with Crippen LogP contribution in [0.3, 0.4) is 0 Å². The van der Waals surface area contributed by atoms with Crippen LogP contribution in [0.1, 0.15) is 6.42 Å². The summed E-state index contributed by atoms with van der Waals surface area (Å²) >= 11 is 1.32. The molecule has 94 valence electrons. The van der Waals surface area contributed by atoms with Gasteiger partial charge in [-0.15, -0.1) is 0 Å². The van der Waals surface area contributed by atoms with Gasteiger partial charge in [0.1, 0.15) is 10.2 Å². The molecule has 0 bridgehead atoms. The standard InChI is InChI=1S/C6H10ClNO7S/c1-16-3-2-6(8,4-9)5(10)14-15-7(11,12)13/h4H,2-3,8H2,1H3. The maximum atomic E-state index is 11.1. The van der Waals surface area contributed by atoms with Gasteiger partial charge in [0.2, 0.25) is 0 Å². The van der Waals surface area contributed by atoms with Crippen LogP contribution in [0, 0.1) is 10.2 Å². The molecular weight excluding hydrogens is 266 g/mol. The van der Waals surface area contributed by atoms with E-state index in [9.17, 15) is 23.6 Å². The number of carbonyl (C=O) groups is 2. The highest BCUT2D eigenvalue weighted by Gasteiger charge is 2.40. The van der Waals surface area contributed by atoms with Gasteiger partial charge in [0, 0.05) is 0 Å². The summed E-state index contributed by atoms with van der Waals surface area (Å²) in [5.74, 6) is -1.07. The number of aldehydes is 1. The lowest BCUT2D eigenvalue weighted by Gasteiger charge is -2.18. The number of carbonyl (C=O) groups excluding carboxylic acids is 2. The van der Waals surface area contributed by atoms with Crippen molar-refractivity contribution in [1.29, 1.82) is 0 Å². The molecule has 0 rings (SSSR count). The molecule has 0 spiro atoms. The van der Waals surface area contributed by atoms with Crippen molar-refractivity contribution in [2.45, 2.75) is 12.0 Å². The van der Waals surface area contributed by atoms with E-state index in [0.29, 0.717) is 5.75 Å². The second kappa shape index (κ2) is 6.35. The van der Waals surface area contributed by atoms with Crippen LogP contribution in [0.5, 0.6) is 0 Å². The molecule has 0 aliphatic rings. The minimum absolute atomic E-state index is 0.0738. The van der Waals surface area contributed by atoms with Gasteiger partial charge in [0.15, 0.2) is 11.8 Å². The fourth-order valence-electron chi connectivity index (χ4n) is 0.625. The second-order valence-electron chi connectivity index (χ2n) is 2.71. The lowest BCUT2D eigenvalue weighted by atomic mass is 10.0. The maximum Gasteiger partial charge on any atom is 0.385 e. The van der Waals surface area contributed by atoms with E-state index in [1.54, 1.807) is 6.26 Å². The normalized spacial score (nSPS) is 15.3. The van der Waals surface area contributed by atoms with Crippen molar-refractivity contribution in [3.05, 3.63) is 0 Å². The lowest BCUT2D eigenvalue weighted by molar-refractivity contribution is -1.93. The van der Waals surface area contributed by atoms with Gasteiger partial charge in [-0.1, -0.05) is 0 Å². The summed E-state index contributed by atoms with van der Waals surface area (Å²) in [6.45, 7) is 0. The van der Waals surface area contributed by atoms with Gasteiger partial charge in [0.05, 0.1) is 0 Å². The van der Waals surface area contributed by atoms with E-state index < -0.39 is 21.8 Å². The summed E-state index contributed by atoms with van der Waals surface area (Å²) in [5, 5.41) is 0. The van der Waals surface area contributed by atoms with Gasteiger partial charge in [-0.2, -0.15) is 30.6 Å². The molecule has 0 heterocycles. The zero-order chi connectivity index (χ0) is 12.8. The number of halogens is 1. The second-order valence-corrected chi connectivity index (χ2v) is 4.58. The predicted molar refractivity (Wildman–Crippen MR) is 43.2 cm³/mol. The summed E-state index contributed by atoms with van der Waals surface area (Å²) in [7, 11) is -4.91. The SMILES string of the molecule is CSCCC(N)(C=O)C(=O)OO[Cl+3]([O-])([O-])[O-]. The molecule has 0 radical (unpaired) electrons. The van der Waals surface area contributed by atoms with Crippen LogP contribution in [0.4, 0.5) is 0 Å². The van der Waals surface area contributed by atoms with E-state index in [1.165, 1.54) is 11.8 Å². The number of rotatable bonds is 7. The van der Waals surface area contributed by atoms with Crippen LogP contribution < -0.4 is 19.7 Å². The predicted octanol–water partition coefficient (Wildman–Crippen LogP) is -3.99. The lowest BCUT2D eigenvalue weighted by Crippen LogP contribution is -2.62. The number of nitrogens with two attached hydrogens (primary N) is 1. The van der Waals surface area contributed by atoms with Gasteiger partial charge >= 0.3 is 10.4 Å². The fourth-order valence-corrected chi connectivity index (χ4v) is 1.30. The van der Waals surface area contributed by atoms with E-state index in [0.717, 1.165) is 0 Å². The van der Waals surface area contributed by atoms with Crippen LogP contribution in [-0.2, 0) is 18.9 Å². The van der Waals surface area contributed by atoms with Crippen molar-refractivity contribution >= 4 is 24.0 Å². The van der Waals surface area contributed by atoms with E-state index in [2.05, 4.69) is 9.33 Å². The van der Waals surface area contributed by atoms with Crippen molar-refractivity contribution in [3.8, 4) is 0 Å². The Morgan fingerprint density at radius 1 is 1.56 bits per heavy atom. The molecule has 0 fully saturated rings. The molecular formula is C6H10ClNO7S. The number of thioether (sulfide) groups is 1. The molecule has 0 amide bonds. The summed E-state index contributed by atoms with van der Waals surface area (Å²) in [4.78, 5) is 25.3. The summed E-state index contributed by atoms with van der Waals surface area (Å²) < 4.78 is 33.1. The summed E-state index contributed by atoms with van der Waals surface area (Å²) in [6.07, 6.45) is 1.74. The van der Waals surface area contributed by atoms with Gasteiger partial charge in [0.25, 0.3) is 0 Å². The van der Waals surface area contributed by atoms with Crippen molar-refractivity contribution in [2.24, 2.45) is 5.73 Å². The molecule has 0 aromatic rings. The molecule has 0 aromatic heterocycles. The Kier molecular flexibility index (Phi) is 6.18. The molecule has 2 N–H and O–H groups in total. The van der Waals surface area contributed by atoms with Gasteiger partial charge in [-0.3, -0.25) is 0 Å².